The lowest BCUT2D eigenvalue weighted by molar-refractivity contribution is 0.0944. The van der Waals surface area contributed by atoms with E-state index >= 15 is 0 Å². The molecule has 0 fully saturated rings. The Kier molecular flexibility index (Phi) is 4.29. The molecule has 25 heavy (non-hydrogen) atoms. The number of benzene rings is 1. The van der Waals surface area contributed by atoms with Crippen LogP contribution >= 0.6 is 0 Å². The SMILES string of the molecule is O=C(NCc1ccncc1)c1nn(-c2ccccc2)c2c1CCCC2. The fourth-order valence-electron chi connectivity index (χ4n) is 3.33. The zero-order valence-corrected chi connectivity index (χ0v) is 14.0. The van der Waals surface area contributed by atoms with Crippen LogP contribution in [0.1, 0.15) is 40.2 Å². The van der Waals surface area contributed by atoms with Gasteiger partial charge in [-0.15, -0.1) is 0 Å². The van der Waals surface area contributed by atoms with E-state index in [1.807, 2.05) is 47.1 Å². The van der Waals surface area contributed by atoms with Gasteiger partial charge in [0.1, 0.15) is 0 Å². The smallest absolute Gasteiger partial charge is 0.272 e. The number of fused-ring (bicyclic) bond motifs is 1. The van der Waals surface area contributed by atoms with Crippen LogP contribution in [0, 0.1) is 0 Å². The molecule has 0 spiro atoms. The largest absolute Gasteiger partial charge is 0.347 e. The molecule has 0 unspecified atom stereocenters. The van der Waals surface area contributed by atoms with Crippen LogP contribution < -0.4 is 5.32 Å². The lowest BCUT2D eigenvalue weighted by atomic mass is 9.95. The zero-order valence-electron chi connectivity index (χ0n) is 14.0. The summed E-state index contributed by atoms with van der Waals surface area (Å²) in [5.41, 5.74) is 4.87. The highest BCUT2D eigenvalue weighted by Gasteiger charge is 2.25. The minimum Gasteiger partial charge on any atom is -0.347 e. The third-order valence-electron chi connectivity index (χ3n) is 4.60. The molecule has 2 aromatic heterocycles. The number of amides is 1. The van der Waals surface area contributed by atoms with Crippen LogP contribution in [-0.4, -0.2) is 20.7 Å². The van der Waals surface area contributed by atoms with Crippen LogP contribution in [0.5, 0.6) is 0 Å². The quantitative estimate of drug-likeness (QED) is 0.799. The first-order chi connectivity index (χ1) is 12.3. The standard InChI is InChI=1S/C20H20N4O/c25-20(22-14-15-10-12-21-13-11-15)19-17-8-4-5-9-18(17)24(23-19)16-6-2-1-3-7-16/h1-3,6-7,10-13H,4-5,8-9,14H2,(H,22,25). The lowest BCUT2D eigenvalue weighted by Crippen LogP contribution is -2.24. The predicted octanol–water partition coefficient (Wildman–Crippen LogP) is 3.08. The summed E-state index contributed by atoms with van der Waals surface area (Å²) in [5, 5.41) is 7.65. The molecule has 1 aliphatic carbocycles. The highest BCUT2D eigenvalue weighted by molar-refractivity contribution is 5.94. The molecule has 1 aromatic carbocycles. The number of carbonyl (C=O) groups is 1. The molecule has 5 heteroatoms. The molecule has 0 aliphatic heterocycles. The molecule has 126 valence electrons. The average molecular weight is 332 g/mol. The number of hydrogen-bond acceptors (Lipinski definition) is 3. The Balaban J connectivity index is 1.63. The molecule has 0 saturated heterocycles. The molecule has 4 rings (SSSR count). The topological polar surface area (TPSA) is 59.8 Å². The van der Waals surface area contributed by atoms with Gasteiger partial charge in [-0.3, -0.25) is 9.78 Å². The van der Waals surface area contributed by atoms with Crippen molar-refractivity contribution in [3.05, 3.63) is 77.4 Å². The summed E-state index contributed by atoms with van der Waals surface area (Å²) in [4.78, 5) is 16.7. The first-order valence-corrected chi connectivity index (χ1v) is 8.66. The Morgan fingerprint density at radius 3 is 2.60 bits per heavy atom. The molecular weight excluding hydrogens is 312 g/mol. The molecule has 5 nitrogen and oxygen atoms in total. The summed E-state index contributed by atoms with van der Waals surface area (Å²) in [7, 11) is 0. The number of nitrogens with zero attached hydrogens (tertiary/aromatic N) is 3. The second kappa shape index (κ2) is 6.89. The molecule has 3 aromatic rings. The van der Waals surface area contributed by atoms with E-state index in [1.165, 1.54) is 5.69 Å². The van der Waals surface area contributed by atoms with Gasteiger partial charge in [0.2, 0.25) is 0 Å². The maximum Gasteiger partial charge on any atom is 0.272 e. The van der Waals surface area contributed by atoms with Crippen molar-refractivity contribution in [2.75, 3.05) is 0 Å². The van der Waals surface area contributed by atoms with Crippen molar-refractivity contribution < 1.29 is 4.79 Å². The van der Waals surface area contributed by atoms with E-state index in [4.69, 9.17) is 0 Å². The lowest BCUT2D eigenvalue weighted by Gasteiger charge is -2.14. The van der Waals surface area contributed by atoms with Gasteiger partial charge in [0.25, 0.3) is 5.91 Å². The van der Waals surface area contributed by atoms with Crippen molar-refractivity contribution in [3.63, 3.8) is 0 Å². The molecule has 0 radical (unpaired) electrons. The number of aromatic nitrogens is 3. The van der Waals surface area contributed by atoms with Crippen molar-refractivity contribution in [1.29, 1.82) is 0 Å². The number of rotatable bonds is 4. The van der Waals surface area contributed by atoms with E-state index < -0.39 is 0 Å². The summed E-state index contributed by atoms with van der Waals surface area (Å²) in [6, 6.07) is 13.8. The van der Waals surface area contributed by atoms with Gasteiger partial charge in [-0.1, -0.05) is 18.2 Å². The molecule has 0 saturated carbocycles. The number of hydrogen-bond donors (Lipinski definition) is 1. The van der Waals surface area contributed by atoms with E-state index in [0.717, 1.165) is 42.5 Å². The van der Waals surface area contributed by atoms with Gasteiger partial charge in [0.05, 0.1) is 5.69 Å². The van der Waals surface area contributed by atoms with E-state index in [0.29, 0.717) is 12.2 Å². The van der Waals surface area contributed by atoms with Gasteiger partial charge in [-0.25, -0.2) is 4.68 Å². The monoisotopic (exact) mass is 332 g/mol. The van der Waals surface area contributed by atoms with Crippen molar-refractivity contribution in [2.45, 2.75) is 32.2 Å². The molecule has 1 aliphatic rings. The summed E-state index contributed by atoms with van der Waals surface area (Å²) >= 11 is 0. The van der Waals surface area contributed by atoms with E-state index in [-0.39, 0.29) is 5.91 Å². The minimum atomic E-state index is -0.107. The molecule has 0 bridgehead atoms. The van der Waals surface area contributed by atoms with E-state index in [9.17, 15) is 4.79 Å². The Morgan fingerprint density at radius 1 is 1.04 bits per heavy atom. The van der Waals surface area contributed by atoms with E-state index in [2.05, 4.69) is 15.4 Å². The highest BCUT2D eigenvalue weighted by atomic mass is 16.1. The Hall–Kier alpha value is -2.95. The fraction of sp³-hybridized carbons (Fsp3) is 0.250. The van der Waals surface area contributed by atoms with Crippen molar-refractivity contribution in [3.8, 4) is 5.69 Å². The van der Waals surface area contributed by atoms with Gasteiger partial charge in [0, 0.05) is 30.2 Å². The van der Waals surface area contributed by atoms with Gasteiger partial charge in [0.15, 0.2) is 5.69 Å². The highest BCUT2D eigenvalue weighted by Crippen LogP contribution is 2.27. The van der Waals surface area contributed by atoms with Crippen molar-refractivity contribution >= 4 is 5.91 Å². The Bertz CT molecular complexity index is 871. The number of nitrogens with one attached hydrogen (secondary N) is 1. The van der Waals surface area contributed by atoms with Gasteiger partial charge in [-0.05, 0) is 55.5 Å². The summed E-state index contributed by atoms with van der Waals surface area (Å²) < 4.78 is 1.94. The minimum absolute atomic E-state index is 0.107. The second-order valence-electron chi connectivity index (χ2n) is 6.27. The Labute approximate surface area is 146 Å². The first-order valence-electron chi connectivity index (χ1n) is 8.66. The molecule has 2 heterocycles. The van der Waals surface area contributed by atoms with Gasteiger partial charge in [-0.2, -0.15) is 5.10 Å². The number of carbonyl (C=O) groups excluding carboxylic acids is 1. The van der Waals surface area contributed by atoms with Crippen LogP contribution in [0.25, 0.3) is 5.69 Å². The van der Waals surface area contributed by atoms with Crippen LogP contribution in [0.15, 0.2) is 54.9 Å². The predicted molar refractivity (Wildman–Crippen MR) is 95.6 cm³/mol. The van der Waals surface area contributed by atoms with Crippen LogP contribution in [0.3, 0.4) is 0 Å². The van der Waals surface area contributed by atoms with Crippen molar-refractivity contribution in [2.24, 2.45) is 0 Å². The normalized spacial score (nSPS) is 13.3. The Morgan fingerprint density at radius 2 is 1.80 bits per heavy atom. The average Bonchev–Trinajstić information content (AvgIpc) is 3.07. The first kappa shape index (κ1) is 15.6. The number of pyridine rings is 1. The molecular formula is C20H20N4O. The van der Waals surface area contributed by atoms with Crippen LogP contribution in [0.4, 0.5) is 0 Å². The van der Waals surface area contributed by atoms with Gasteiger partial charge >= 0.3 is 0 Å². The van der Waals surface area contributed by atoms with Crippen molar-refractivity contribution in [1.82, 2.24) is 20.1 Å². The fourth-order valence-corrected chi connectivity index (χ4v) is 3.33. The summed E-state index contributed by atoms with van der Waals surface area (Å²) in [5.74, 6) is -0.107. The summed E-state index contributed by atoms with van der Waals surface area (Å²) in [6.45, 7) is 0.480. The third-order valence-corrected chi connectivity index (χ3v) is 4.60. The van der Waals surface area contributed by atoms with Crippen LogP contribution in [0.2, 0.25) is 0 Å². The second-order valence-corrected chi connectivity index (χ2v) is 6.27. The molecule has 1 amide bonds. The van der Waals surface area contributed by atoms with Crippen LogP contribution in [-0.2, 0) is 19.4 Å². The maximum absolute atomic E-state index is 12.7. The molecule has 1 N–H and O–H groups in total. The third kappa shape index (κ3) is 3.18. The number of para-hydroxylation sites is 1. The maximum atomic E-state index is 12.7. The zero-order chi connectivity index (χ0) is 17.1. The summed E-state index contributed by atoms with van der Waals surface area (Å²) in [6.07, 6.45) is 7.59. The van der Waals surface area contributed by atoms with E-state index in [1.54, 1.807) is 12.4 Å². The molecule has 0 atom stereocenters. The van der Waals surface area contributed by atoms with Gasteiger partial charge < -0.3 is 5.32 Å².